The highest BCUT2D eigenvalue weighted by atomic mass is 16.5. The van der Waals surface area contributed by atoms with Gasteiger partial charge in [0.05, 0.1) is 17.1 Å². The molecule has 0 saturated carbocycles. The summed E-state index contributed by atoms with van der Waals surface area (Å²) in [6.07, 6.45) is 1.48. The van der Waals surface area contributed by atoms with Gasteiger partial charge in [-0.15, -0.1) is 0 Å². The summed E-state index contributed by atoms with van der Waals surface area (Å²) in [6.45, 7) is 11.2. The molecule has 1 aliphatic rings. The van der Waals surface area contributed by atoms with Crippen molar-refractivity contribution in [2.45, 2.75) is 26.7 Å². The maximum atomic E-state index is 12.8. The van der Waals surface area contributed by atoms with Crippen LogP contribution in [0.2, 0.25) is 0 Å². The molecule has 1 unspecified atom stereocenters. The highest BCUT2D eigenvalue weighted by molar-refractivity contribution is 5.94. The number of ether oxygens (including phenoxy) is 1. The molecule has 158 valence electrons. The third kappa shape index (κ3) is 3.94. The number of nitrogens with one attached hydrogen (secondary N) is 3. The summed E-state index contributed by atoms with van der Waals surface area (Å²) in [5.41, 5.74) is 1.71. The fraction of sp³-hybridized carbons (Fsp3) is 0.318. The molecule has 1 atom stereocenters. The summed E-state index contributed by atoms with van der Waals surface area (Å²) < 4.78 is 5.28. The fourth-order valence-electron chi connectivity index (χ4n) is 3.77. The maximum Gasteiger partial charge on any atom is 0.337 e. The molecule has 3 rings (SSSR count). The summed E-state index contributed by atoms with van der Waals surface area (Å²) in [6, 6.07) is 7.72. The van der Waals surface area contributed by atoms with Crippen LogP contribution in [-0.4, -0.2) is 35.6 Å². The zero-order valence-electron chi connectivity index (χ0n) is 17.4. The average molecular weight is 410 g/mol. The second-order valence-corrected chi connectivity index (χ2v) is 6.94. The summed E-state index contributed by atoms with van der Waals surface area (Å²) in [5.74, 6) is -0.960. The molecule has 0 fully saturated rings. The molecular weight excluding hydrogens is 384 g/mol. The van der Waals surface area contributed by atoms with Crippen molar-refractivity contribution < 1.29 is 9.53 Å². The number of nitrogens with zero attached hydrogens (tertiary/aromatic N) is 1. The number of aromatic nitrogens is 2. The molecule has 1 aromatic heterocycles. The minimum Gasteiger partial charge on any atom is -0.458 e. The number of rotatable bonds is 7. The number of anilines is 2. The van der Waals surface area contributed by atoms with Crippen LogP contribution >= 0.6 is 0 Å². The van der Waals surface area contributed by atoms with Gasteiger partial charge < -0.3 is 15.0 Å². The first kappa shape index (κ1) is 21.2. The Morgan fingerprint density at radius 1 is 1.17 bits per heavy atom. The Kier molecular flexibility index (Phi) is 6.25. The van der Waals surface area contributed by atoms with Gasteiger partial charge in [-0.05, 0) is 38.5 Å². The number of fused-ring (bicyclic) bond motifs is 1. The molecule has 3 N–H and O–H groups in total. The van der Waals surface area contributed by atoms with E-state index in [9.17, 15) is 14.4 Å². The second kappa shape index (κ2) is 8.86. The van der Waals surface area contributed by atoms with Crippen LogP contribution < -0.4 is 21.5 Å². The molecule has 8 heteroatoms. The summed E-state index contributed by atoms with van der Waals surface area (Å²) >= 11 is 0. The number of hydrogen-bond donors (Lipinski definition) is 3. The van der Waals surface area contributed by atoms with Gasteiger partial charge in [0, 0.05) is 24.5 Å². The highest BCUT2D eigenvalue weighted by Gasteiger charge is 2.36. The monoisotopic (exact) mass is 410 g/mol. The third-order valence-electron chi connectivity index (χ3n) is 5.18. The van der Waals surface area contributed by atoms with E-state index in [1.54, 1.807) is 6.92 Å². The Morgan fingerprint density at radius 3 is 2.43 bits per heavy atom. The minimum atomic E-state index is -0.690. The van der Waals surface area contributed by atoms with Crippen LogP contribution in [-0.2, 0) is 9.53 Å². The highest BCUT2D eigenvalue weighted by Crippen LogP contribution is 2.39. The molecule has 0 bridgehead atoms. The van der Waals surface area contributed by atoms with Gasteiger partial charge in [-0.2, -0.15) is 0 Å². The number of hydrogen-bond acceptors (Lipinski definition) is 6. The molecule has 0 spiro atoms. The predicted molar refractivity (Wildman–Crippen MR) is 117 cm³/mol. The first-order chi connectivity index (χ1) is 14.4. The maximum absolute atomic E-state index is 12.8. The first-order valence-electron chi connectivity index (χ1n) is 9.88. The van der Waals surface area contributed by atoms with E-state index in [2.05, 4.69) is 40.6 Å². The van der Waals surface area contributed by atoms with Gasteiger partial charge >= 0.3 is 11.7 Å². The van der Waals surface area contributed by atoms with Crippen LogP contribution in [0, 0.1) is 0 Å². The molecule has 0 amide bonds. The van der Waals surface area contributed by atoms with Gasteiger partial charge in [0.25, 0.3) is 5.56 Å². The minimum absolute atomic E-state index is 0.0536. The number of aromatic amines is 2. The number of benzene rings is 1. The van der Waals surface area contributed by atoms with E-state index >= 15 is 0 Å². The lowest BCUT2D eigenvalue weighted by atomic mass is 9.82. The lowest BCUT2D eigenvalue weighted by molar-refractivity contribution is -0.138. The van der Waals surface area contributed by atoms with Crippen LogP contribution in [0.4, 0.5) is 11.5 Å². The van der Waals surface area contributed by atoms with E-state index in [1.807, 2.05) is 24.3 Å². The second-order valence-electron chi connectivity index (χ2n) is 6.94. The number of carbonyl (C=O) groups is 1. The van der Waals surface area contributed by atoms with Crippen LogP contribution in [0.5, 0.6) is 0 Å². The van der Waals surface area contributed by atoms with E-state index in [4.69, 9.17) is 4.74 Å². The van der Waals surface area contributed by atoms with Gasteiger partial charge in [0.1, 0.15) is 12.4 Å². The van der Waals surface area contributed by atoms with Gasteiger partial charge in [-0.3, -0.25) is 14.8 Å². The van der Waals surface area contributed by atoms with Crippen molar-refractivity contribution >= 4 is 17.5 Å². The molecular formula is C22H26N4O4. The van der Waals surface area contributed by atoms with E-state index in [-0.39, 0.29) is 18.0 Å². The number of H-pyrrole nitrogens is 2. The predicted octanol–water partition coefficient (Wildman–Crippen LogP) is 2.47. The zero-order chi connectivity index (χ0) is 21.8. The molecule has 1 aromatic carbocycles. The summed E-state index contributed by atoms with van der Waals surface area (Å²) in [5, 5.41) is 2.97. The molecule has 2 aromatic rings. The van der Waals surface area contributed by atoms with Crippen molar-refractivity contribution in [3.8, 4) is 0 Å². The van der Waals surface area contributed by atoms with Crippen LogP contribution in [0.25, 0.3) is 0 Å². The normalized spacial score (nSPS) is 15.2. The van der Waals surface area contributed by atoms with Crippen LogP contribution in [0.15, 0.2) is 57.8 Å². The fourth-order valence-corrected chi connectivity index (χ4v) is 3.77. The Morgan fingerprint density at radius 2 is 1.83 bits per heavy atom. The third-order valence-corrected chi connectivity index (χ3v) is 5.18. The van der Waals surface area contributed by atoms with Crippen molar-refractivity contribution in [1.82, 2.24) is 9.97 Å². The van der Waals surface area contributed by atoms with E-state index in [0.29, 0.717) is 11.3 Å². The van der Waals surface area contributed by atoms with E-state index < -0.39 is 23.1 Å². The molecule has 2 heterocycles. The molecule has 30 heavy (non-hydrogen) atoms. The van der Waals surface area contributed by atoms with Gasteiger partial charge in [0.2, 0.25) is 0 Å². The Balaban J connectivity index is 2.16. The molecule has 0 aliphatic carbocycles. The summed E-state index contributed by atoms with van der Waals surface area (Å²) in [4.78, 5) is 44.4. The smallest absolute Gasteiger partial charge is 0.337 e. The van der Waals surface area contributed by atoms with Gasteiger partial charge in [0.15, 0.2) is 0 Å². The number of allylic oxidation sites excluding steroid dienone is 1. The van der Waals surface area contributed by atoms with Crippen LogP contribution in [0.1, 0.15) is 37.8 Å². The topological polar surface area (TPSA) is 107 Å². The Labute approximate surface area is 174 Å². The zero-order valence-corrected chi connectivity index (χ0v) is 17.4. The Bertz CT molecular complexity index is 1090. The van der Waals surface area contributed by atoms with E-state index in [0.717, 1.165) is 24.3 Å². The van der Waals surface area contributed by atoms with Crippen molar-refractivity contribution in [2.24, 2.45) is 0 Å². The molecule has 0 saturated heterocycles. The average Bonchev–Trinajstić information content (AvgIpc) is 2.72. The Hall–Kier alpha value is -3.55. The van der Waals surface area contributed by atoms with Gasteiger partial charge in [-0.25, -0.2) is 9.59 Å². The van der Waals surface area contributed by atoms with Crippen molar-refractivity contribution in [2.75, 3.05) is 29.9 Å². The largest absolute Gasteiger partial charge is 0.458 e. The van der Waals surface area contributed by atoms with Crippen LogP contribution in [0.3, 0.4) is 0 Å². The first-order valence-corrected chi connectivity index (χ1v) is 9.88. The number of esters is 1. The lowest BCUT2D eigenvalue weighted by Crippen LogP contribution is -2.35. The number of carbonyl (C=O) groups excluding carboxylic acids is 1. The quantitative estimate of drug-likeness (QED) is 0.478. The van der Waals surface area contributed by atoms with Crippen molar-refractivity contribution in [3.05, 3.63) is 80.2 Å². The SMILES string of the molecule is C=CCOC(=O)C1=C(C)Nc2[nH]c(=O)[nH]c(=O)c2C1c1ccc(N(CC)CC)cc1. The standard InChI is InChI=1S/C22H26N4O4/c1-5-12-30-21(28)16-13(4)23-19-18(20(27)25-22(29)24-19)17(16)14-8-10-15(11-9-14)26(6-2)7-3/h5,8-11,17H,1,6-7,12H2,2-4H3,(H3,23,24,25,27,29). The molecule has 8 nitrogen and oxygen atoms in total. The van der Waals surface area contributed by atoms with Crippen molar-refractivity contribution in [1.29, 1.82) is 0 Å². The lowest BCUT2D eigenvalue weighted by Gasteiger charge is -2.29. The van der Waals surface area contributed by atoms with Gasteiger partial charge in [-0.1, -0.05) is 24.8 Å². The molecule has 0 radical (unpaired) electrons. The molecule has 1 aliphatic heterocycles. The summed E-state index contributed by atoms with van der Waals surface area (Å²) in [7, 11) is 0. The van der Waals surface area contributed by atoms with Crippen molar-refractivity contribution in [3.63, 3.8) is 0 Å². The van der Waals surface area contributed by atoms with E-state index in [1.165, 1.54) is 6.08 Å².